The molecule has 1 heterocycles. The van der Waals surface area contributed by atoms with Crippen LogP contribution in [0.25, 0.3) is 0 Å². The standard InChI is InChI=1S/C8H10N4O3S/c1-11(2)8(16)10-9-5-6-3-4-7(15-6)12(13)14/h3-5H,1-2H3,(H,10,16). The lowest BCUT2D eigenvalue weighted by Crippen LogP contribution is -2.30. The Kier molecular flexibility index (Phi) is 3.95. The van der Waals surface area contributed by atoms with Crippen molar-refractivity contribution in [2.24, 2.45) is 5.10 Å². The van der Waals surface area contributed by atoms with E-state index in [9.17, 15) is 10.1 Å². The van der Waals surface area contributed by atoms with E-state index in [4.69, 9.17) is 16.6 Å². The monoisotopic (exact) mass is 242 g/mol. The van der Waals surface area contributed by atoms with Gasteiger partial charge in [0.05, 0.1) is 12.3 Å². The summed E-state index contributed by atoms with van der Waals surface area (Å²) < 4.78 is 4.84. The number of rotatable bonds is 3. The Morgan fingerprint density at radius 1 is 1.69 bits per heavy atom. The van der Waals surface area contributed by atoms with Gasteiger partial charge in [0, 0.05) is 14.1 Å². The molecular weight excluding hydrogens is 232 g/mol. The number of hydrogen-bond donors (Lipinski definition) is 1. The smallest absolute Gasteiger partial charge is 0.400 e. The Morgan fingerprint density at radius 3 is 2.88 bits per heavy atom. The van der Waals surface area contributed by atoms with Gasteiger partial charge >= 0.3 is 5.88 Å². The first-order chi connectivity index (χ1) is 7.50. The number of thiocarbonyl (C=S) groups is 1. The molecule has 1 aromatic rings. The summed E-state index contributed by atoms with van der Waals surface area (Å²) in [4.78, 5) is 11.4. The highest BCUT2D eigenvalue weighted by atomic mass is 32.1. The molecule has 16 heavy (non-hydrogen) atoms. The van der Waals surface area contributed by atoms with Gasteiger partial charge < -0.3 is 9.32 Å². The minimum absolute atomic E-state index is 0.278. The molecule has 0 saturated heterocycles. The molecule has 0 bridgehead atoms. The second-order valence-corrected chi connectivity index (χ2v) is 3.39. The molecule has 0 aromatic carbocycles. The zero-order chi connectivity index (χ0) is 12.1. The van der Waals surface area contributed by atoms with Crippen molar-refractivity contribution < 1.29 is 9.34 Å². The van der Waals surface area contributed by atoms with E-state index in [1.54, 1.807) is 19.0 Å². The highest BCUT2D eigenvalue weighted by molar-refractivity contribution is 7.80. The van der Waals surface area contributed by atoms with Crippen LogP contribution in [0, 0.1) is 10.1 Å². The Balaban J connectivity index is 2.56. The van der Waals surface area contributed by atoms with E-state index in [2.05, 4.69) is 10.5 Å². The van der Waals surface area contributed by atoms with E-state index in [1.807, 2.05) is 0 Å². The van der Waals surface area contributed by atoms with Gasteiger partial charge in [0.15, 0.2) is 10.9 Å². The van der Waals surface area contributed by atoms with E-state index in [0.717, 1.165) is 0 Å². The van der Waals surface area contributed by atoms with Crippen molar-refractivity contribution >= 4 is 29.4 Å². The van der Waals surface area contributed by atoms with Gasteiger partial charge in [-0.25, -0.2) is 0 Å². The maximum absolute atomic E-state index is 10.3. The highest BCUT2D eigenvalue weighted by Gasteiger charge is 2.10. The van der Waals surface area contributed by atoms with E-state index >= 15 is 0 Å². The molecule has 1 aromatic heterocycles. The second-order valence-electron chi connectivity index (χ2n) is 3.00. The number of furan rings is 1. The number of hydrazone groups is 1. The summed E-state index contributed by atoms with van der Waals surface area (Å²) in [6.45, 7) is 0. The van der Waals surface area contributed by atoms with Crippen molar-refractivity contribution in [3.05, 3.63) is 28.0 Å². The molecular formula is C8H10N4O3S. The molecule has 0 radical (unpaired) electrons. The van der Waals surface area contributed by atoms with Crippen molar-refractivity contribution in [3.63, 3.8) is 0 Å². The molecule has 0 aliphatic heterocycles. The van der Waals surface area contributed by atoms with Crippen LogP contribution in [-0.2, 0) is 0 Å². The second kappa shape index (κ2) is 5.21. The predicted molar refractivity (Wildman–Crippen MR) is 62.4 cm³/mol. The summed E-state index contributed by atoms with van der Waals surface area (Å²) in [6, 6.07) is 2.70. The van der Waals surface area contributed by atoms with Crippen molar-refractivity contribution in [3.8, 4) is 0 Å². The first kappa shape index (κ1) is 12.1. The normalized spacial score (nSPS) is 10.4. The number of nitrogens with zero attached hydrogens (tertiary/aromatic N) is 3. The van der Waals surface area contributed by atoms with Gasteiger partial charge in [-0.05, 0) is 18.3 Å². The maximum atomic E-state index is 10.3. The molecule has 8 heteroatoms. The fourth-order valence-electron chi connectivity index (χ4n) is 0.761. The molecule has 0 saturated carbocycles. The average molecular weight is 242 g/mol. The highest BCUT2D eigenvalue weighted by Crippen LogP contribution is 2.13. The fourth-order valence-corrected chi connectivity index (χ4v) is 0.814. The van der Waals surface area contributed by atoms with Crippen LogP contribution in [-0.4, -0.2) is 35.2 Å². The summed E-state index contributed by atoms with van der Waals surface area (Å²) in [7, 11) is 3.53. The molecule has 0 amide bonds. The first-order valence-corrected chi connectivity index (χ1v) is 4.66. The van der Waals surface area contributed by atoms with E-state index in [0.29, 0.717) is 5.11 Å². The van der Waals surface area contributed by atoms with Crippen LogP contribution in [0.15, 0.2) is 21.7 Å². The third-order valence-corrected chi connectivity index (χ3v) is 2.01. The molecule has 0 aliphatic rings. The van der Waals surface area contributed by atoms with E-state index in [-0.39, 0.29) is 11.6 Å². The summed E-state index contributed by atoms with van der Waals surface area (Å²) in [6.07, 6.45) is 1.31. The van der Waals surface area contributed by atoms with Crippen LogP contribution in [0.3, 0.4) is 0 Å². The lowest BCUT2D eigenvalue weighted by atomic mass is 10.5. The van der Waals surface area contributed by atoms with Crippen molar-refractivity contribution in [2.75, 3.05) is 14.1 Å². The average Bonchev–Trinajstić information content (AvgIpc) is 2.66. The number of nitro groups is 1. The molecule has 0 fully saturated rings. The molecule has 0 unspecified atom stereocenters. The Morgan fingerprint density at radius 2 is 2.38 bits per heavy atom. The first-order valence-electron chi connectivity index (χ1n) is 4.25. The summed E-state index contributed by atoms with van der Waals surface area (Å²) in [5.41, 5.74) is 2.57. The summed E-state index contributed by atoms with van der Waals surface area (Å²) in [5.74, 6) is -0.0441. The molecule has 0 spiro atoms. The Bertz CT molecular complexity index is 427. The van der Waals surface area contributed by atoms with Crippen LogP contribution in [0.4, 0.5) is 5.88 Å². The molecule has 1 N–H and O–H groups in total. The van der Waals surface area contributed by atoms with Crippen LogP contribution in [0.2, 0.25) is 0 Å². The minimum Gasteiger partial charge on any atom is -0.400 e. The molecule has 0 atom stereocenters. The van der Waals surface area contributed by atoms with Gasteiger partial charge in [-0.2, -0.15) is 5.10 Å². The zero-order valence-corrected chi connectivity index (χ0v) is 9.52. The van der Waals surface area contributed by atoms with Crippen LogP contribution < -0.4 is 5.43 Å². The zero-order valence-electron chi connectivity index (χ0n) is 8.71. The van der Waals surface area contributed by atoms with Gasteiger partial charge in [0.2, 0.25) is 0 Å². The van der Waals surface area contributed by atoms with Crippen molar-refractivity contribution in [1.29, 1.82) is 0 Å². The lowest BCUT2D eigenvalue weighted by Gasteiger charge is -2.11. The third kappa shape index (κ3) is 3.31. The van der Waals surface area contributed by atoms with Crippen molar-refractivity contribution in [2.45, 2.75) is 0 Å². The molecule has 0 aliphatic carbocycles. The molecule has 1 rings (SSSR count). The minimum atomic E-state index is -0.616. The van der Waals surface area contributed by atoms with E-state index in [1.165, 1.54) is 18.3 Å². The van der Waals surface area contributed by atoms with Gasteiger partial charge in [-0.15, -0.1) is 0 Å². The predicted octanol–water partition coefficient (Wildman–Crippen LogP) is 0.958. The summed E-state index contributed by atoms with van der Waals surface area (Å²) >= 11 is 4.90. The molecule has 7 nitrogen and oxygen atoms in total. The fraction of sp³-hybridized carbons (Fsp3) is 0.250. The van der Waals surface area contributed by atoms with Gasteiger partial charge in [0.1, 0.15) is 4.92 Å². The van der Waals surface area contributed by atoms with Gasteiger partial charge in [-0.1, -0.05) is 0 Å². The quantitative estimate of drug-likeness (QED) is 0.368. The topological polar surface area (TPSA) is 83.9 Å². The third-order valence-electron chi connectivity index (χ3n) is 1.55. The largest absolute Gasteiger partial charge is 0.433 e. The maximum Gasteiger partial charge on any atom is 0.433 e. The van der Waals surface area contributed by atoms with Crippen LogP contribution in [0.1, 0.15) is 5.76 Å². The van der Waals surface area contributed by atoms with Gasteiger partial charge in [-0.3, -0.25) is 15.5 Å². The SMILES string of the molecule is CN(C)C(=S)NN=Cc1ccc([N+](=O)[O-])o1. The number of nitrogens with one attached hydrogen (secondary N) is 1. The van der Waals surface area contributed by atoms with Gasteiger partial charge in [0.25, 0.3) is 0 Å². The van der Waals surface area contributed by atoms with Crippen LogP contribution >= 0.6 is 12.2 Å². The van der Waals surface area contributed by atoms with Crippen molar-refractivity contribution in [1.82, 2.24) is 10.3 Å². The Labute approximate surface area is 96.9 Å². The van der Waals surface area contributed by atoms with E-state index < -0.39 is 4.92 Å². The van der Waals surface area contributed by atoms with Crippen LogP contribution in [0.5, 0.6) is 0 Å². The number of hydrogen-bond acceptors (Lipinski definition) is 5. The Hall–Kier alpha value is -1.96. The summed E-state index contributed by atoms with van der Waals surface area (Å²) in [5, 5.41) is 14.5. The lowest BCUT2D eigenvalue weighted by molar-refractivity contribution is -0.402. The molecule has 86 valence electrons.